The van der Waals surface area contributed by atoms with E-state index in [1.165, 1.54) is 10.9 Å². The maximum absolute atomic E-state index is 12.1. The largest absolute Gasteiger partial charge is 0.352 e. The first-order valence-corrected chi connectivity index (χ1v) is 9.36. The Kier molecular flexibility index (Phi) is 6.21. The van der Waals surface area contributed by atoms with Gasteiger partial charge in [-0.1, -0.05) is 30.1 Å². The molecule has 0 bridgehead atoms. The molecule has 0 aliphatic carbocycles. The van der Waals surface area contributed by atoms with E-state index in [1.54, 1.807) is 30.7 Å². The Balaban J connectivity index is 2.01. The summed E-state index contributed by atoms with van der Waals surface area (Å²) in [6.07, 6.45) is 5.39. The summed E-state index contributed by atoms with van der Waals surface area (Å²) in [6.45, 7) is 2.36. The van der Waals surface area contributed by atoms with Gasteiger partial charge in [0.2, 0.25) is 0 Å². The normalized spacial score (nSPS) is 13.6. The molecule has 0 spiro atoms. The molecule has 0 aliphatic rings. The van der Waals surface area contributed by atoms with Crippen molar-refractivity contribution in [2.75, 3.05) is 12.8 Å². The minimum atomic E-state index is -0.888. The van der Waals surface area contributed by atoms with Gasteiger partial charge in [0.05, 0.1) is 22.5 Å². The van der Waals surface area contributed by atoms with Gasteiger partial charge >= 0.3 is 0 Å². The highest BCUT2D eigenvalue weighted by atomic mass is 35.5. The van der Waals surface area contributed by atoms with E-state index in [9.17, 15) is 9.00 Å². The molecular formula is C15H17Cl2N3O2S. The third kappa shape index (κ3) is 4.80. The first kappa shape index (κ1) is 18.0. The fourth-order valence-corrected chi connectivity index (χ4v) is 2.84. The lowest BCUT2D eigenvalue weighted by atomic mass is 10.3. The molecule has 1 N–H and O–H groups in total. The van der Waals surface area contributed by atoms with Crippen molar-refractivity contribution in [1.82, 2.24) is 15.1 Å². The summed E-state index contributed by atoms with van der Waals surface area (Å²) in [4.78, 5) is 12.1. The number of halogens is 2. The van der Waals surface area contributed by atoms with Crippen molar-refractivity contribution < 1.29 is 9.00 Å². The SMILES string of the molecule is CC(CCNC(=O)c1cnn(-c2ccc(Cl)cc2Cl)c1)S(C)=O. The van der Waals surface area contributed by atoms with Gasteiger partial charge in [0, 0.05) is 40.1 Å². The number of aromatic nitrogens is 2. The highest BCUT2D eigenvalue weighted by Crippen LogP contribution is 2.24. The third-order valence-corrected chi connectivity index (χ3v) is 5.31. The molecule has 0 radical (unpaired) electrons. The summed E-state index contributed by atoms with van der Waals surface area (Å²) in [6, 6.07) is 5.06. The van der Waals surface area contributed by atoms with Gasteiger partial charge in [-0.15, -0.1) is 0 Å². The van der Waals surface area contributed by atoms with Crippen LogP contribution in [0.15, 0.2) is 30.6 Å². The molecule has 0 saturated heterocycles. The number of rotatable bonds is 6. The van der Waals surface area contributed by atoms with Gasteiger partial charge in [-0.2, -0.15) is 5.10 Å². The third-order valence-electron chi connectivity index (χ3n) is 3.40. The van der Waals surface area contributed by atoms with Gasteiger partial charge in [0.25, 0.3) is 5.91 Å². The van der Waals surface area contributed by atoms with Crippen LogP contribution in [0.1, 0.15) is 23.7 Å². The van der Waals surface area contributed by atoms with E-state index in [0.29, 0.717) is 34.3 Å². The van der Waals surface area contributed by atoms with Crippen LogP contribution in [0.4, 0.5) is 0 Å². The van der Waals surface area contributed by atoms with E-state index >= 15 is 0 Å². The van der Waals surface area contributed by atoms with Gasteiger partial charge in [-0.25, -0.2) is 4.68 Å². The molecule has 2 atom stereocenters. The van der Waals surface area contributed by atoms with E-state index in [2.05, 4.69) is 10.4 Å². The molecule has 8 heteroatoms. The number of hydrogen-bond acceptors (Lipinski definition) is 3. The molecule has 2 rings (SSSR count). The zero-order valence-electron chi connectivity index (χ0n) is 12.8. The number of amides is 1. The molecule has 23 heavy (non-hydrogen) atoms. The fraction of sp³-hybridized carbons (Fsp3) is 0.333. The van der Waals surface area contributed by atoms with Crippen LogP contribution < -0.4 is 5.32 Å². The Labute approximate surface area is 147 Å². The first-order chi connectivity index (χ1) is 10.9. The van der Waals surface area contributed by atoms with Crippen LogP contribution in [0.2, 0.25) is 10.0 Å². The first-order valence-electron chi connectivity index (χ1n) is 6.99. The van der Waals surface area contributed by atoms with Crippen molar-refractivity contribution in [1.29, 1.82) is 0 Å². The predicted molar refractivity (Wildman–Crippen MR) is 94.1 cm³/mol. The zero-order valence-corrected chi connectivity index (χ0v) is 15.1. The molecule has 0 fully saturated rings. The van der Waals surface area contributed by atoms with Crippen molar-refractivity contribution in [2.24, 2.45) is 0 Å². The minimum Gasteiger partial charge on any atom is -0.352 e. The van der Waals surface area contributed by atoms with Crippen molar-refractivity contribution in [3.8, 4) is 5.69 Å². The smallest absolute Gasteiger partial charge is 0.254 e. The highest BCUT2D eigenvalue weighted by molar-refractivity contribution is 7.84. The van der Waals surface area contributed by atoms with Crippen LogP contribution in [-0.4, -0.2) is 37.9 Å². The van der Waals surface area contributed by atoms with E-state index in [0.717, 1.165) is 0 Å². The second-order valence-corrected chi connectivity index (χ2v) is 7.77. The molecule has 2 aromatic rings. The molecule has 1 heterocycles. The maximum atomic E-state index is 12.1. The summed E-state index contributed by atoms with van der Waals surface area (Å²) >= 11 is 12.0. The van der Waals surface area contributed by atoms with Gasteiger partial charge < -0.3 is 5.32 Å². The highest BCUT2D eigenvalue weighted by Gasteiger charge is 2.12. The maximum Gasteiger partial charge on any atom is 0.254 e. The van der Waals surface area contributed by atoms with Crippen molar-refractivity contribution >= 4 is 39.9 Å². The molecule has 1 aromatic carbocycles. The molecule has 124 valence electrons. The second kappa shape index (κ2) is 7.95. The number of carbonyl (C=O) groups is 1. The fourth-order valence-electron chi connectivity index (χ4n) is 1.90. The van der Waals surface area contributed by atoms with E-state index in [-0.39, 0.29) is 11.2 Å². The Morgan fingerprint density at radius 1 is 1.43 bits per heavy atom. The quantitative estimate of drug-likeness (QED) is 0.845. The van der Waals surface area contributed by atoms with Crippen LogP contribution in [0, 0.1) is 0 Å². The summed E-state index contributed by atoms with van der Waals surface area (Å²) in [5, 5.41) is 7.97. The van der Waals surface area contributed by atoms with Gasteiger partial charge in [0.1, 0.15) is 0 Å². The lowest BCUT2D eigenvalue weighted by Crippen LogP contribution is -2.27. The molecule has 5 nitrogen and oxygen atoms in total. The Morgan fingerprint density at radius 2 is 2.17 bits per heavy atom. The molecule has 2 unspecified atom stereocenters. The van der Waals surface area contributed by atoms with E-state index in [4.69, 9.17) is 23.2 Å². The number of benzene rings is 1. The Bertz CT molecular complexity index is 733. The number of carbonyl (C=O) groups excluding carboxylic acids is 1. The van der Waals surface area contributed by atoms with Gasteiger partial charge in [-0.3, -0.25) is 9.00 Å². The minimum absolute atomic E-state index is 0.0471. The van der Waals surface area contributed by atoms with Crippen LogP contribution in [-0.2, 0) is 10.8 Å². The van der Waals surface area contributed by atoms with Crippen LogP contribution in [0.5, 0.6) is 0 Å². The summed E-state index contributed by atoms with van der Waals surface area (Å²) < 4.78 is 12.8. The number of nitrogens with one attached hydrogen (secondary N) is 1. The lowest BCUT2D eigenvalue weighted by Gasteiger charge is -2.08. The molecule has 0 saturated carbocycles. The van der Waals surface area contributed by atoms with Crippen molar-refractivity contribution in [3.05, 3.63) is 46.2 Å². The predicted octanol–water partition coefficient (Wildman–Crippen LogP) is 3.07. The molecule has 0 aliphatic heterocycles. The van der Waals surface area contributed by atoms with Crippen LogP contribution in [0.25, 0.3) is 5.69 Å². The standard InChI is InChI=1S/C15H17Cl2N3O2S/c1-10(23(2)22)5-6-18-15(21)11-8-19-20(9-11)14-4-3-12(16)7-13(14)17/h3-4,7-10H,5-6H2,1-2H3,(H,18,21). The Morgan fingerprint density at radius 3 is 2.83 bits per heavy atom. The van der Waals surface area contributed by atoms with E-state index in [1.807, 2.05) is 6.92 Å². The van der Waals surface area contributed by atoms with E-state index < -0.39 is 10.8 Å². The lowest BCUT2D eigenvalue weighted by molar-refractivity contribution is 0.0953. The topological polar surface area (TPSA) is 64.0 Å². The average Bonchev–Trinajstić information content (AvgIpc) is 2.96. The second-order valence-electron chi connectivity index (χ2n) is 5.12. The summed E-state index contributed by atoms with van der Waals surface area (Å²) in [5.74, 6) is -0.226. The van der Waals surface area contributed by atoms with Crippen LogP contribution >= 0.6 is 23.2 Å². The Hall–Kier alpha value is -1.37. The summed E-state index contributed by atoms with van der Waals surface area (Å²) in [5.41, 5.74) is 1.08. The molecule has 1 amide bonds. The number of nitrogens with zero attached hydrogens (tertiary/aromatic N) is 2. The molecular weight excluding hydrogens is 357 g/mol. The van der Waals surface area contributed by atoms with Gasteiger partial charge in [-0.05, 0) is 24.6 Å². The van der Waals surface area contributed by atoms with Crippen molar-refractivity contribution in [3.63, 3.8) is 0 Å². The van der Waals surface area contributed by atoms with Gasteiger partial charge in [0.15, 0.2) is 0 Å². The van der Waals surface area contributed by atoms with Crippen LogP contribution in [0.3, 0.4) is 0 Å². The average molecular weight is 374 g/mol. The van der Waals surface area contributed by atoms with Crippen molar-refractivity contribution in [2.45, 2.75) is 18.6 Å². The zero-order chi connectivity index (χ0) is 17.0. The molecule has 1 aromatic heterocycles. The number of hydrogen-bond donors (Lipinski definition) is 1. The summed E-state index contributed by atoms with van der Waals surface area (Å²) in [7, 11) is -0.888. The monoisotopic (exact) mass is 373 g/mol.